The zero-order valence-corrected chi connectivity index (χ0v) is 13.5. The molecule has 1 aliphatic rings. The van der Waals surface area contributed by atoms with Crippen molar-refractivity contribution in [2.75, 3.05) is 0 Å². The molecule has 1 aliphatic carbocycles. The fourth-order valence-corrected chi connectivity index (χ4v) is 4.40. The lowest BCUT2D eigenvalue weighted by Crippen LogP contribution is -2.17. The molecule has 100 valence electrons. The van der Waals surface area contributed by atoms with E-state index in [1.165, 1.54) is 36.6 Å². The average Bonchev–Trinajstić information content (AvgIpc) is 2.87. The number of fused-ring (bicyclic) bond motifs is 1. The molecular weight excluding hydrogens is 320 g/mol. The highest BCUT2D eigenvalue weighted by molar-refractivity contribution is 9.09. The summed E-state index contributed by atoms with van der Waals surface area (Å²) in [5, 5.41) is 3.29. The molecule has 0 N–H and O–H groups in total. The van der Waals surface area contributed by atoms with Gasteiger partial charge in [0.05, 0.1) is 0 Å². The van der Waals surface area contributed by atoms with Gasteiger partial charge in [-0.05, 0) is 35.3 Å². The van der Waals surface area contributed by atoms with Gasteiger partial charge in [0.1, 0.15) is 0 Å². The van der Waals surface area contributed by atoms with E-state index in [1.807, 2.05) is 6.07 Å². The Balaban J connectivity index is 2.12. The van der Waals surface area contributed by atoms with Crippen LogP contribution in [0.15, 0.2) is 36.4 Å². The molecule has 0 aliphatic heterocycles. The Morgan fingerprint density at radius 2 is 1.68 bits per heavy atom. The molecule has 1 unspecified atom stereocenters. The molecule has 1 saturated carbocycles. The van der Waals surface area contributed by atoms with Gasteiger partial charge in [-0.3, -0.25) is 0 Å². The van der Waals surface area contributed by atoms with E-state index in [0.29, 0.717) is 10.2 Å². The van der Waals surface area contributed by atoms with E-state index in [4.69, 9.17) is 11.6 Å². The van der Waals surface area contributed by atoms with Crippen molar-refractivity contribution in [3.8, 4) is 0 Å². The minimum atomic E-state index is 0.372. The smallest absolute Gasteiger partial charge is 0.0484 e. The van der Waals surface area contributed by atoms with E-state index < -0.39 is 0 Å². The quantitative estimate of drug-likeness (QED) is 0.548. The predicted octanol–water partition coefficient (Wildman–Crippen LogP) is 6.51. The van der Waals surface area contributed by atoms with Gasteiger partial charge in [0.25, 0.3) is 0 Å². The van der Waals surface area contributed by atoms with Crippen LogP contribution in [0.1, 0.15) is 43.0 Å². The van der Waals surface area contributed by atoms with Crippen LogP contribution in [0.5, 0.6) is 0 Å². The van der Waals surface area contributed by atoms with Gasteiger partial charge in [-0.2, -0.15) is 0 Å². The number of benzene rings is 2. The van der Waals surface area contributed by atoms with E-state index in [-0.39, 0.29) is 0 Å². The zero-order chi connectivity index (χ0) is 13.5. The van der Waals surface area contributed by atoms with E-state index in [9.17, 15) is 0 Å². The second kappa shape index (κ2) is 5.10. The average molecular weight is 338 g/mol. The van der Waals surface area contributed by atoms with Crippen molar-refractivity contribution < 1.29 is 0 Å². The first-order chi connectivity index (χ1) is 9.12. The molecule has 0 nitrogen and oxygen atoms in total. The molecular formula is C17H18BrCl. The fraction of sp³-hybridized carbons (Fsp3) is 0.412. The normalized spacial score (nSPS) is 19.7. The van der Waals surface area contributed by atoms with Crippen LogP contribution in [-0.2, 0) is 0 Å². The summed E-state index contributed by atoms with van der Waals surface area (Å²) in [6.07, 6.45) is 5.31. The minimum Gasteiger partial charge on any atom is -0.0837 e. The van der Waals surface area contributed by atoms with Crippen LogP contribution in [0.2, 0.25) is 5.02 Å². The predicted molar refractivity (Wildman–Crippen MR) is 87.2 cm³/mol. The summed E-state index contributed by atoms with van der Waals surface area (Å²) in [5.74, 6) is 0. The van der Waals surface area contributed by atoms with Crippen LogP contribution >= 0.6 is 27.5 Å². The Morgan fingerprint density at radius 3 is 2.37 bits per heavy atom. The summed E-state index contributed by atoms with van der Waals surface area (Å²) >= 11 is 10.3. The fourth-order valence-electron chi connectivity index (χ4n) is 3.32. The van der Waals surface area contributed by atoms with Crippen LogP contribution in [-0.4, -0.2) is 0 Å². The first-order valence-electron chi connectivity index (χ1n) is 6.93. The van der Waals surface area contributed by atoms with Gasteiger partial charge in [0, 0.05) is 15.2 Å². The van der Waals surface area contributed by atoms with Crippen LogP contribution < -0.4 is 0 Å². The molecule has 2 aromatic rings. The Labute approximate surface area is 128 Å². The molecule has 1 atom stereocenters. The standard InChI is InChI=1S/C17H18BrCl/c1-17(10-4-5-11-17)16(18)14-8-9-15(19)13-7-3-2-6-12(13)14/h2-3,6-9,16H,4-5,10-11H2,1H3. The van der Waals surface area contributed by atoms with Crippen LogP contribution in [0, 0.1) is 5.41 Å². The summed E-state index contributed by atoms with van der Waals surface area (Å²) < 4.78 is 0. The summed E-state index contributed by atoms with van der Waals surface area (Å²) in [6.45, 7) is 2.41. The number of halogens is 2. The van der Waals surface area contributed by atoms with Crippen molar-refractivity contribution in [3.63, 3.8) is 0 Å². The van der Waals surface area contributed by atoms with Gasteiger partial charge in [-0.25, -0.2) is 0 Å². The van der Waals surface area contributed by atoms with Crippen molar-refractivity contribution in [2.24, 2.45) is 5.41 Å². The first kappa shape index (κ1) is 13.5. The first-order valence-corrected chi connectivity index (χ1v) is 8.22. The van der Waals surface area contributed by atoms with Crippen molar-refractivity contribution >= 4 is 38.3 Å². The lowest BCUT2D eigenvalue weighted by Gasteiger charge is -2.31. The monoisotopic (exact) mass is 336 g/mol. The lowest BCUT2D eigenvalue weighted by molar-refractivity contribution is 0.332. The Morgan fingerprint density at radius 1 is 1.05 bits per heavy atom. The number of rotatable bonds is 2. The van der Waals surface area contributed by atoms with Crippen molar-refractivity contribution in [1.82, 2.24) is 0 Å². The van der Waals surface area contributed by atoms with Crippen molar-refractivity contribution in [3.05, 3.63) is 47.0 Å². The third-order valence-electron chi connectivity index (χ3n) is 4.54. The molecule has 0 aromatic heterocycles. The molecule has 2 heteroatoms. The second-order valence-electron chi connectivity index (χ2n) is 5.91. The molecule has 1 fully saturated rings. The third-order valence-corrected chi connectivity index (χ3v) is 6.46. The van der Waals surface area contributed by atoms with E-state index in [0.717, 1.165) is 10.4 Å². The molecule has 0 radical (unpaired) electrons. The van der Waals surface area contributed by atoms with Gasteiger partial charge in [0.15, 0.2) is 0 Å². The maximum absolute atomic E-state index is 6.31. The third kappa shape index (κ3) is 2.32. The number of alkyl halides is 1. The van der Waals surface area contributed by atoms with Gasteiger partial charge in [-0.1, -0.05) is 77.6 Å². The van der Waals surface area contributed by atoms with Crippen LogP contribution in [0.3, 0.4) is 0 Å². The van der Waals surface area contributed by atoms with Crippen LogP contribution in [0.4, 0.5) is 0 Å². The van der Waals surface area contributed by atoms with E-state index in [1.54, 1.807) is 0 Å². The van der Waals surface area contributed by atoms with Gasteiger partial charge < -0.3 is 0 Å². The Bertz CT molecular complexity index is 599. The Hall–Kier alpha value is -0.530. The molecule has 0 spiro atoms. The maximum atomic E-state index is 6.31. The largest absolute Gasteiger partial charge is 0.0837 e. The molecule has 0 heterocycles. The Kier molecular flexibility index (Phi) is 3.61. The topological polar surface area (TPSA) is 0 Å². The van der Waals surface area contributed by atoms with E-state index in [2.05, 4.69) is 53.2 Å². The van der Waals surface area contributed by atoms with Gasteiger partial charge in [0.2, 0.25) is 0 Å². The SMILES string of the molecule is CC1(C(Br)c2ccc(Cl)c3ccccc23)CCCC1. The second-order valence-corrected chi connectivity index (χ2v) is 7.23. The van der Waals surface area contributed by atoms with Gasteiger partial charge in [-0.15, -0.1) is 0 Å². The highest BCUT2D eigenvalue weighted by Gasteiger charge is 2.36. The van der Waals surface area contributed by atoms with Crippen molar-refractivity contribution in [1.29, 1.82) is 0 Å². The molecule has 0 amide bonds. The zero-order valence-electron chi connectivity index (χ0n) is 11.1. The highest BCUT2D eigenvalue weighted by Crippen LogP contribution is 2.52. The molecule has 19 heavy (non-hydrogen) atoms. The van der Waals surface area contributed by atoms with Gasteiger partial charge >= 0.3 is 0 Å². The molecule has 3 rings (SSSR count). The molecule has 0 saturated heterocycles. The highest BCUT2D eigenvalue weighted by atomic mass is 79.9. The summed E-state index contributed by atoms with van der Waals surface area (Å²) in [7, 11) is 0. The maximum Gasteiger partial charge on any atom is 0.0484 e. The summed E-state index contributed by atoms with van der Waals surface area (Å²) in [4.78, 5) is 0.407. The number of hydrogen-bond acceptors (Lipinski definition) is 0. The van der Waals surface area contributed by atoms with E-state index >= 15 is 0 Å². The summed E-state index contributed by atoms with van der Waals surface area (Å²) in [6, 6.07) is 12.7. The summed E-state index contributed by atoms with van der Waals surface area (Å²) in [5.41, 5.74) is 1.75. The molecule has 0 bridgehead atoms. The minimum absolute atomic E-state index is 0.372. The number of hydrogen-bond donors (Lipinski definition) is 0. The lowest BCUT2D eigenvalue weighted by atomic mass is 9.81. The molecule has 2 aromatic carbocycles. The van der Waals surface area contributed by atoms with Crippen LogP contribution in [0.25, 0.3) is 10.8 Å². The van der Waals surface area contributed by atoms with Crippen molar-refractivity contribution in [2.45, 2.75) is 37.4 Å².